The summed E-state index contributed by atoms with van der Waals surface area (Å²) >= 11 is 0. The van der Waals surface area contributed by atoms with Crippen molar-refractivity contribution in [2.24, 2.45) is 0 Å². The third-order valence-electron chi connectivity index (χ3n) is 9.66. The zero-order chi connectivity index (χ0) is 31.2. The van der Waals surface area contributed by atoms with E-state index in [1.807, 2.05) is 12.1 Å². The minimum absolute atomic E-state index is 0.234. The molecule has 1 nitrogen and oxygen atoms in total. The largest absolute Gasteiger partial charge is 0.456 e. The summed E-state index contributed by atoms with van der Waals surface area (Å²) in [7, 11) is 0. The molecule has 0 saturated carbocycles. The highest BCUT2D eigenvalue weighted by Gasteiger charge is 2.17. The second-order valence-corrected chi connectivity index (χ2v) is 12.6. The molecule has 1 atom stereocenters. The SMILES string of the molecule is c1ccc(C(Cc2ccc(-c3ccc4cc(-c5ccc6ccccc6c5)ccc4c3)cc2)c2ccc3oc4ccccc4c3c2)cc1. The second-order valence-electron chi connectivity index (χ2n) is 12.6. The molecule has 1 heteroatoms. The Bertz CT molecular complexity index is 2540. The van der Waals surface area contributed by atoms with E-state index in [0.717, 1.165) is 17.6 Å². The third kappa shape index (κ3) is 5.16. The average molecular weight is 601 g/mol. The molecule has 0 bridgehead atoms. The average Bonchev–Trinajstić information content (AvgIpc) is 3.52. The molecule has 222 valence electrons. The minimum Gasteiger partial charge on any atom is -0.456 e. The fraction of sp³-hybridized carbons (Fsp3) is 0.0435. The topological polar surface area (TPSA) is 13.1 Å². The molecule has 0 amide bonds. The molecule has 0 aliphatic rings. The summed E-state index contributed by atoms with van der Waals surface area (Å²) in [6.07, 6.45) is 0.918. The van der Waals surface area contributed by atoms with Gasteiger partial charge in [-0.1, -0.05) is 140 Å². The fourth-order valence-corrected chi connectivity index (χ4v) is 7.12. The van der Waals surface area contributed by atoms with Gasteiger partial charge in [0.05, 0.1) is 0 Å². The van der Waals surface area contributed by atoms with Crippen LogP contribution in [0.5, 0.6) is 0 Å². The van der Waals surface area contributed by atoms with E-state index in [0.29, 0.717) is 0 Å². The summed E-state index contributed by atoms with van der Waals surface area (Å²) in [6.45, 7) is 0. The summed E-state index contributed by atoms with van der Waals surface area (Å²) in [4.78, 5) is 0. The molecular formula is C46H32O. The van der Waals surface area contributed by atoms with Gasteiger partial charge < -0.3 is 4.42 Å². The van der Waals surface area contributed by atoms with Gasteiger partial charge in [-0.05, 0) is 103 Å². The predicted molar refractivity (Wildman–Crippen MR) is 198 cm³/mol. The van der Waals surface area contributed by atoms with Crippen molar-refractivity contribution < 1.29 is 4.42 Å². The number of hydrogen-bond donors (Lipinski definition) is 0. The number of furan rings is 1. The van der Waals surface area contributed by atoms with E-state index in [-0.39, 0.29) is 5.92 Å². The highest BCUT2D eigenvalue weighted by atomic mass is 16.3. The lowest BCUT2D eigenvalue weighted by Gasteiger charge is -2.19. The molecule has 9 rings (SSSR count). The number of hydrogen-bond acceptors (Lipinski definition) is 1. The Labute approximate surface area is 274 Å². The van der Waals surface area contributed by atoms with Crippen LogP contribution < -0.4 is 0 Å². The Balaban J connectivity index is 1.00. The second kappa shape index (κ2) is 11.5. The maximum absolute atomic E-state index is 6.13. The van der Waals surface area contributed by atoms with Gasteiger partial charge in [-0.15, -0.1) is 0 Å². The first-order chi connectivity index (χ1) is 23.2. The van der Waals surface area contributed by atoms with Crippen molar-refractivity contribution in [3.63, 3.8) is 0 Å². The van der Waals surface area contributed by atoms with Crippen LogP contribution in [0.2, 0.25) is 0 Å². The van der Waals surface area contributed by atoms with Crippen molar-refractivity contribution in [3.8, 4) is 22.3 Å². The zero-order valence-electron chi connectivity index (χ0n) is 25.9. The quantitative estimate of drug-likeness (QED) is 0.185. The van der Waals surface area contributed by atoms with Crippen LogP contribution in [-0.2, 0) is 6.42 Å². The van der Waals surface area contributed by atoms with Crippen molar-refractivity contribution in [3.05, 3.63) is 193 Å². The summed E-state index contributed by atoms with van der Waals surface area (Å²) < 4.78 is 6.13. The van der Waals surface area contributed by atoms with Crippen LogP contribution in [0.25, 0.3) is 65.7 Å². The standard InChI is InChI=1S/C46H32O/c1-2-9-34(10-3-1)43(41-24-25-46-44(30-41)42-12-6-7-13-45(42)47-46)26-31-14-16-33(17-15-31)36-20-21-39-29-40(23-22-38(39)28-36)37-19-18-32-8-4-5-11-35(32)27-37/h1-25,27-30,43H,26H2. The first-order valence-corrected chi connectivity index (χ1v) is 16.3. The molecule has 0 radical (unpaired) electrons. The molecule has 47 heavy (non-hydrogen) atoms. The van der Waals surface area contributed by atoms with E-state index in [1.165, 1.54) is 71.3 Å². The number of para-hydroxylation sites is 1. The molecule has 1 unspecified atom stereocenters. The van der Waals surface area contributed by atoms with Crippen molar-refractivity contribution in [2.45, 2.75) is 12.3 Å². The van der Waals surface area contributed by atoms with Gasteiger partial charge in [-0.2, -0.15) is 0 Å². The lowest BCUT2D eigenvalue weighted by molar-refractivity contribution is 0.668. The first-order valence-electron chi connectivity index (χ1n) is 16.3. The predicted octanol–water partition coefficient (Wildman–Crippen LogP) is 12.6. The van der Waals surface area contributed by atoms with Crippen molar-refractivity contribution in [1.82, 2.24) is 0 Å². The van der Waals surface area contributed by atoms with Crippen LogP contribution in [0.4, 0.5) is 0 Å². The van der Waals surface area contributed by atoms with Gasteiger partial charge in [-0.3, -0.25) is 0 Å². The molecular weight excluding hydrogens is 569 g/mol. The van der Waals surface area contributed by atoms with E-state index in [1.54, 1.807) is 0 Å². The summed E-state index contributed by atoms with van der Waals surface area (Å²) in [5.74, 6) is 0.234. The molecule has 1 heterocycles. The fourth-order valence-electron chi connectivity index (χ4n) is 7.12. The van der Waals surface area contributed by atoms with Gasteiger partial charge in [0.25, 0.3) is 0 Å². The van der Waals surface area contributed by atoms with Gasteiger partial charge in [0.2, 0.25) is 0 Å². The normalized spacial score (nSPS) is 12.3. The lowest BCUT2D eigenvalue weighted by Crippen LogP contribution is -2.05. The van der Waals surface area contributed by atoms with E-state index in [9.17, 15) is 0 Å². The highest BCUT2D eigenvalue weighted by molar-refractivity contribution is 6.05. The monoisotopic (exact) mass is 600 g/mol. The molecule has 9 aromatic rings. The lowest BCUT2D eigenvalue weighted by atomic mass is 9.85. The Morgan fingerprint density at radius 3 is 1.66 bits per heavy atom. The van der Waals surface area contributed by atoms with Gasteiger partial charge in [0, 0.05) is 16.7 Å². The highest BCUT2D eigenvalue weighted by Crippen LogP contribution is 2.36. The molecule has 0 N–H and O–H groups in total. The van der Waals surface area contributed by atoms with Crippen LogP contribution >= 0.6 is 0 Å². The van der Waals surface area contributed by atoms with Crippen LogP contribution in [0.15, 0.2) is 180 Å². The Morgan fingerprint density at radius 2 is 0.915 bits per heavy atom. The summed E-state index contributed by atoms with van der Waals surface area (Å²) in [5, 5.41) is 7.39. The van der Waals surface area contributed by atoms with E-state index < -0.39 is 0 Å². The van der Waals surface area contributed by atoms with Crippen LogP contribution in [-0.4, -0.2) is 0 Å². The Kier molecular flexibility index (Phi) is 6.68. The maximum atomic E-state index is 6.13. The summed E-state index contributed by atoms with van der Waals surface area (Å²) in [6, 6.07) is 63.9. The van der Waals surface area contributed by atoms with E-state index >= 15 is 0 Å². The molecule has 0 aliphatic carbocycles. The molecule has 0 spiro atoms. The van der Waals surface area contributed by atoms with Crippen molar-refractivity contribution in [1.29, 1.82) is 0 Å². The number of rotatable bonds is 6. The molecule has 0 saturated heterocycles. The maximum Gasteiger partial charge on any atom is 0.135 e. The smallest absolute Gasteiger partial charge is 0.135 e. The van der Waals surface area contributed by atoms with E-state index in [4.69, 9.17) is 4.42 Å². The zero-order valence-corrected chi connectivity index (χ0v) is 25.9. The summed E-state index contributed by atoms with van der Waals surface area (Å²) in [5.41, 5.74) is 10.8. The third-order valence-corrected chi connectivity index (χ3v) is 9.66. The van der Waals surface area contributed by atoms with Crippen molar-refractivity contribution >= 4 is 43.5 Å². The van der Waals surface area contributed by atoms with Crippen molar-refractivity contribution in [2.75, 3.05) is 0 Å². The van der Waals surface area contributed by atoms with Gasteiger partial charge >= 0.3 is 0 Å². The van der Waals surface area contributed by atoms with Gasteiger partial charge in [0.1, 0.15) is 11.2 Å². The molecule has 0 aliphatic heterocycles. The van der Waals surface area contributed by atoms with Crippen LogP contribution in [0.1, 0.15) is 22.6 Å². The van der Waals surface area contributed by atoms with Gasteiger partial charge in [0.15, 0.2) is 0 Å². The number of fused-ring (bicyclic) bond motifs is 5. The number of benzene rings is 8. The first kappa shape index (κ1) is 27.4. The Morgan fingerprint density at radius 1 is 0.362 bits per heavy atom. The van der Waals surface area contributed by atoms with Gasteiger partial charge in [-0.25, -0.2) is 0 Å². The molecule has 1 aromatic heterocycles. The molecule has 0 fully saturated rings. The van der Waals surface area contributed by atoms with Crippen LogP contribution in [0, 0.1) is 0 Å². The minimum atomic E-state index is 0.234. The molecule has 8 aromatic carbocycles. The van der Waals surface area contributed by atoms with Crippen LogP contribution in [0.3, 0.4) is 0 Å². The Hall–Kier alpha value is -5.92. The van der Waals surface area contributed by atoms with E-state index in [2.05, 4.69) is 164 Å².